The normalized spacial score (nSPS) is 0. The molecule has 0 atom stereocenters. The van der Waals surface area contributed by atoms with E-state index in [0.29, 0.717) is 0 Å². The van der Waals surface area contributed by atoms with Crippen LogP contribution in [0.15, 0.2) is 0 Å². The maximum absolute atomic E-state index is 0. The maximum atomic E-state index is 0. The van der Waals surface area contributed by atoms with E-state index in [-0.39, 0.29) is 184 Å². The molecule has 0 aromatic carbocycles. The van der Waals surface area contributed by atoms with Crippen LogP contribution in [-0.4, -0.2) is 38.3 Å². The van der Waals surface area contributed by atoms with Gasteiger partial charge in [-0.15, -0.1) is 0 Å². The zero-order valence-corrected chi connectivity index (χ0v) is 18.7. The van der Waals surface area contributed by atoms with Gasteiger partial charge in [0, 0.05) is 0 Å². The van der Waals surface area contributed by atoms with E-state index in [9.17, 15) is 0 Å². The SMILES string of the molecule is O.O.O.O.O.O.O.[Cl-].[Cl-].[Cl-].[Cl-].[Cl-].[Cl-].[La+3].[La+3]. The van der Waals surface area contributed by atoms with Crippen molar-refractivity contribution in [1.29, 1.82) is 0 Å². The van der Waals surface area contributed by atoms with Gasteiger partial charge in [0.05, 0.1) is 0 Å². The quantitative estimate of drug-likeness (QED) is 0.248. The van der Waals surface area contributed by atoms with Crippen molar-refractivity contribution >= 4 is 0 Å². The van der Waals surface area contributed by atoms with Crippen LogP contribution in [0.5, 0.6) is 0 Å². The Morgan fingerprint density at radius 1 is 0.200 bits per heavy atom. The van der Waals surface area contributed by atoms with Crippen LogP contribution in [0.3, 0.4) is 0 Å². The molecule has 0 saturated carbocycles. The van der Waals surface area contributed by atoms with E-state index in [1.54, 1.807) is 0 Å². The van der Waals surface area contributed by atoms with E-state index in [1.165, 1.54) is 0 Å². The molecule has 0 aliphatic carbocycles. The molecule has 104 valence electrons. The molecule has 0 saturated heterocycles. The van der Waals surface area contributed by atoms with Gasteiger partial charge in [0.2, 0.25) is 0 Å². The Balaban J connectivity index is 0. The standard InChI is InChI=1S/6ClH.2La.7H2O/h6*1H;;;7*1H2/q;;;;;;2*+3;;;;;;;/p-6. The molecule has 0 aliphatic heterocycles. The van der Waals surface area contributed by atoms with Crippen LogP contribution in [0.2, 0.25) is 0 Å². The Hall–Kier alpha value is 3.85. The van der Waals surface area contributed by atoms with E-state index in [0.717, 1.165) is 0 Å². The summed E-state index contributed by atoms with van der Waals surface area (Å²) in [5, 5.41) is 0. The van der Waals surface area contributed by atoms with Gasteiger partial charge in [-0.05, 0) is 0 Å². The fourth-order valence-electron chi connectivity index (χ4n) is 0. The largest absolute Gasteiger partial charge is 3.00 e. The van der Waals surface area contributed by atoms with Gasteiger partial charge in [-0.25, -0.2) is 0 Å². The van der Waals surface area contributed by atoms with Gasteiger partial charge in [0.25, 0.3) is 0 Å². The zero-order chi connectivity index (χ0) is 0. The molecular formula is H14Cl6La2O7. The number of hydrogen-bond acceptors (Lipinski definition) is 0. The summed E-state index contributed by atoms with van der Waals surface area (Å²) in [4.78, 5) is 0. The van der Waals surface area contributed by atoms with E-state index in [1.807, 2.05) is 0 Å². The second kappa shape index (κ2) is 342. The first-order valence-corrected chi connectivity index (χ1v) is 0. The minimum Gasteiger partial charge on any atom is -1.00 e. The first kappa shape index (κ1) is 405. The van der Waals surface area contributed by atoms with Crippen molar-refractivity contribution in [3.05, 3.63) is 0 Å². The Bertz CT molecular complexity index is 21.4. The number of halogens is 6. The number of rotatable bonds is 0. The first-order chi connectivity index (χ1) is 0. The van der Waals surface area contributed by atoms with Crippen LogP contribution >= 0.6 is 0 Å². The molecule has 0 bridgehead atoms. The fraction of sp³-hybridized carbons (Fsp3) is 0. The van der Waals surface area contributed by atoms with E-state index < -0.39 is 0 Å². The van der Waals surface area contributed by atoms with Crippen molar-refractivity contribution in [2.24, 2.45) is 0 Å². The van der Waals surface area contributed by atoms with Crippen LogP contribution in [0.25, 0.3) is 0 Å². The molecule has 0 aromatic rings. The third kappa shape index (κ3) is 303. The molecule has 0 aromatic heterocycles. The van der Waals surface area contributed by atoms with Gasteiger partial charge < -0.3 is 113 Å². The minimum absolute atomic E-state index is 0. The third-order valence-electron chi connectivity index (χ3n) is 0. The molecule has 0 fully saturated rings. The van der Waals surface area contributed by atoms with Crippen LogP contribution < -0.4 is 74.4 Å². The predicted molar refractivity (Wildman–Crippen MR) is 25.3 cm³/mol. The van der Waals surface area contributed by atoms with Crippen LogP contribution in [0.4, 0.5) is 0 Å². The minimum atomic E-state index is 0. The fourth-order valence-corrected chi connectivity index (χ4v) is 0. The summed E-state index contributed by atoms with van der Waals surface area (Å²) in [6, 6.07) is 0. The van der Waals surface area contributed by atoms with E-state index >= 15 is 0 Å². The van der Waals surface area contributed by atoms with E-state index in [2.05, 4.69) is 0 Å². The van der Waals surface area contributed by atoms with Gasteiger partial charge in [-0.1, -0.05) is 0 Å². The van der Waals surface area contributed by atoms with Gasteiger partial charge in [0.15, 0.2) is 0 Å². The van der Waals surface area contributed by atoms with Gasteiger partial charge in [0.1, 0.15) is 0 Å². The van der Waals surface area contributed by atoms with Crippen LogP contribution in [0.1, 0.15) is 0 Å². The molecule has 0 amide bonds. The average Bonchev–Trinajstić information content (AvgIpc) is 0. The summed E-state index contributed by atoms with van der Waals surface area (Å²) in [7, 11) is 0. The molecular weight excluding hydrogens is 603 g/mol. The summed E-state index contributed by atoms with van der Waals surface area (Å²) in [6.07, 6.45) is 0. The third-order valence-corrected chi connectivity index (χ3v) is 0. The van der Waals surface area contributed by atoms with Crippen LogP contribution in [0, 0.1) is 71.2 Å². The molecule has 15 heteroatoms. The summed E-state index contributed by atoms with van der Waals surface area (Å²) in [6.45, 7) is 0. The van der Waals surface area contributed by atoms with Crippen molar-refractivity contribution in [3.8, 4) is 0 Å². The Morgan fingerprint density at radius 3 is 0.200 bits per heavy atom. The van der Waals surface area contributed by atoms with Crippen molar-refractivity contribution in [2.75, 3.05) is 0 Å². The number of hydrogen-bond donors (Lipinski definition) is 0. The predicted octanol–water partition coefficient (Wildman–Crippen LogP) is -23.7. The van der Waals surface area contributed by atoms with Crippen molar-refractivity contribution in [2.45, 2.75) is 0 Å². The summed E-state index contributed by atoms with van der Waals surface area (Å²) in [5.74, 6) is 0. The summed E-state index contributed by atoms with van der Waals surface area (Å²) < 4.78 is 0. The maximum Gasteiger partial charge on any atom is 3.00 e. The van der Waals surface area contributed by atoms with Crippen LogP contribution in [-0.2, 0) is 0 Å². The van der Waals surface area contributed by atoms with E-state index in [4.69, 9.17) is 0 Å². The summed E-state index contributed by atoms with van der Waals surface area (Å²) >= 11 is 0. The molecule has 0 aliphatic rings. The average molecular weight is 617 g/mol. The molecule has 0 unspecified atom stereocenters. The summed E-state index contributed by atoms with van der Waals surface area (Å²) in [5.41, 5.74) is 0. The molecule has 0 radical (unpaired) electrons. The van der Waals surface area contributed by atoms with Gasteiger partial charge >= 0.3 is 71.2 Å². The van der Waals surface area contributed by atoms with Gasteiger partial charge in [-0.3, -0.25) is 0 Å². The zero-order valence-electron chi connectivity index (χ0n) is 6.92. The second-order valence-corrected chi connectivity index (χ2v) is 0. The van der Waals surface area contributed by atoms with Crippen molar-refractivity contribution in [3.63, 3.8) is 0 Å². The molecule has 0 heterocycles. The molecule has 14 N–H and O–H groups in total. The van der Waals surface area contributed by atoms with Crippen molar-refractivity contribution < 1.29 is 184 Å². The topological polar surface area (TPSA) is 220 Å². The monoisotopic (exact) mass is 614 g/mol. The molecule has 7 nitrogen and oxygen atoms in total. The van der Waals surface area contributed by atoms with Gasteiger partial charge in [-0.2, -0.15) is 0 Å². The molecule has 0 rings (SSSR count). The first-order valence-electron chi connectivity index (χ1n) is 0. The van der Waals surface area contributed by atoms with Crippen molar-refractivity contribution in [1.82, 2.24) is 0 Å². The Labute approximate surface area is 181 Å². The molecule has 15 heavy (non-hydrogen) atoms. The Morgan fingerprint density at radius 2 is 0.200 bits per heavy atom. The molecule has 0 spiro atoms. The smallest absolute Gasteiger partial charge is 1.00 e. The Kier molecular flexibility index (Phi) is 9240. The second-order valence-electron chi connectivity index (χ2n) is 0.